The Morgan fingerprint density at radius 1 is 1.10 bits per heavy atom. The molecule has 0 aliphatic rings. The Kier molecular flexibility index (Phi) is 7.16. The summed E-state index contributed by atoms with van der Waals surface area (Å²) in [4.78, 5) is 25.1. The third-order valence-corrected chi connectivity index (χ3v) is 4.70. The van der Waals surface area contributed by atoms with Gasteiger partial charge in [-0.25, -0.2) is 5.43 Å². The van der Waals surface area contributed by atoms with Crippen molar-refractivity contribution in [1.29, 1.82) is 0 Å². The van der Waals surface area contributed by atoms with Crippen LogP contribution in [0.3, 0.4) is 0 Å². The topological polar surface area (TPSA) is 121 Å². The number of nitro groups is 1. The fourth-order valence-electron chi connectivity index (χ4n) is 2.44. The van der Waals surface area contributed by atoms with E-state index < -0.39 is 4.92 Å². The molecule has 2 aromatic carbocycles. The summed E-state index contributed by atoms with van der Waals surface area (Å²) in [5.74, 6) is 0.935. The third-order valence-electron chi connectivity index (χ3n) is 3.98. The lowest BCUT2D eigenvalue weighted by atomic mass is 10.2. The molecule has 0 unspecified atom stereocenters. The number of aromatic nitrogens is 3. The zero-order valence-electron chi connectivity index (χ0n) is 16.6. The zero-order chi connectivity index (χ0) is 22.4. The molecule has 0 bridgehead atoms. The highest BCUT2D eigenvalue weighted by Crippen LogP contribution is 2.31. The van der Waals surface area contributed by atoms with Gasteiger partial charge in [-0.3, -0.25) is 10.1 Å². The molecule has 0 aliphatic carbocycles. The maximum atomic E-state index is 11.1. The van der Waals surface area contributed by atoms with Crippen molar-refractivity contribution in [3.63, 3.8) is 0 Å². The van der Waals surface area contributed by atoms with Gasteiger partial charge in [-0.05, 0) is 11.6 Å². The lowest BCUT2D eigenvalue weighted by Gasteiger charge is -2.13. The number of hydrogen-bond donors (Lipinski definition) is 2. The Balaban J connectivity index is 1.80. The van der Waals surface area contributed by atoms with E-state index in [1.54, 1.807) is 19.0 Å². The number of rotatable bonds is 8. The van der Waals surface area contributed by atoms with Gasteiger partial charge in [0.15, 0.2) is 0 Å². The number of anilines is 3. The van der Waals surface area contributed by atoms with Crippen molar-refractivity contribution < 1.29 is 4.92 Å². The Morgan fingerprint density at radius 2 is 1.81 bits per heavy atom. The van der Waals surface area contributed by atoms with Gasteiger partial charge in [-0.2, -0.15) is 20.1 Å². The van der Waals surface area contributed by atoms with E-state index >= 15 is 0 Å². The lowest BCUT2D eigenvalue weighted by molar-refractivity contribution is -0.384. The van der Waals surface area contributed by atoms with Crippen molar-refractivity contribution in [2.45, 2.75) is 6.54 Å². The third kappa shape index (κ3) is 5.77. The van der Waals surface area contributed by atoms with Gasteiger partial charge >= 0.3 is 0 Å². The minimum Gasteiger partial charge on any atom is -0.350 e. The predicted octanol–water partition coefficient (Wildman–Crippen LogP) is 4.21. The molecule has 0 saturated carbocycles. The van der Waals surface area contributed by atoms with Crippen LogP contribution in [0.15, 0.2) is 47.6 Å². The number of hydrogen-bond acceptors (Lipinski definition) is 9. The number of nitrogens with zero attached hydrogens (tertiary/aromatic N) is 6. The van der Waals surface area contributed by atoms with Crippen molar-refractivity contribution in [3.05, 3.63) is 73.8 Å². The minimum absolute atomic E-state index is 0.113. The molecular formula is C19H18Cl2N8O2. The van der Waals surface area contributed by atoms with Gasteiger partial charge in [0.25, 0.3) is 5.69 Å². The van der Waals surface area contributed by atoms with Gasteiger partial charge < -0.3 is 10.2 Å². The van der Waals surface area contributed by atoms with Crippen molar-refractivity contribution in [2.75, 3.05) is 29.7 Å². The van der Waals surface area contributed by atoms with E-state index in [0.29, 0.717) is 18.4 Å². The van der Waals surface area contributed by atoms with Crippen LogP contribution in [0.25, 0.3) is 0 Å². The van der Waals surface area contributed by atoms with E-state index in [4.69, 9.17) is 23.2 Å². The number of nitrogens with one attached hydrogen (secondary N) is 2. The summed E-state index contributed by atoms with van der Waals surface area (Å²) >= 11 is 12.2. The predicted molar refractivity (Wildman–Crippen MR) is 122 cm³/mol. The summed E-state index contributed by atoms with van der Waals surface area (Å²) in [6, 6.07) is 12.4. The average Bonchev–Trinajstić information content (AvgIpc) is 2.75. The van der Waals surface area contributed by atoms with Crippen molar-refractivity contribution >= 4 is 52.9 Å². The molecule has 0 atom stereocenters. The summed E-state index contributed by atoms with van der Waals surface area (Å²) in [5.41, 5.74) is 3.68. The highest BCUT2D eigenvalue weighted by molar-refractivity contribution is 6.40. The van der Waals surface area contributed by atoms with E-state index in [-0.39, 0.29) is 27.2 Å². The Bertz CT molecular complexity index is 1110. The molecule has 3 rings (SSSR count). The van der Waals surface area contributed by atoms with Crippen LogP contribution in [0, 0.1) is 10.1 Å². The van der Waals surface area contributed by atoms with Crippen molar-refractivity contribution in [1.82, 2.24) is 15.0 Å². The molecule has 160 valence electrons. The van der Waals surface area contributed by atoms with Gasteiger partial charge in [-0.1, -0.05) is 53.5 Å². The molecule has 0 radical (unpaired) electrons. The van der Waals surface area contributed by atoms with Crippen LogP contribution in [0.4, 0.5) is 23.5 Å². The second kappa shape index (κ2) is 10.0. The molecule has 12 heteroatoms. The summed E-state index contributed by atoms with van der Waals surface area (Å²) in [6.45, 7) is 0.527. The quantitative estimate of drug-likeness (QED) is 0.291. The molecule has 0 spiro atoms. The first-order chi connectivity index (χ1) is 14.8. The Morgan fingerprint density at radius 3 is 2.48 bits per heavy atom. The van der Waals surface area contributed by atoms with Crippen LogP contribution in [-0.2, 0) is 6.54 Å². The highest BCUT2D eigenvalue weighted by Gasteiger charge is 2.17. The summed E-state index contributed by atoms with van der Waals surface area (Å²) in [6.07, 6.45) is 1.27. The molecule has 1 aromatic heterocycles. The smallest absolute Gasteiger partial charge is 0.288 e. The van der Waals surface area contributed by atoms with Crippen molar-refractivity contribution in [2.24, 2.45) is 5.10 Å². The maximum Gasteiger partial charge on any atom is 0.288 e. The standard InChI is InChI=1S/C19H18Cl2N8O2/c1-28(2)19-25-17(22-10-12-6-4-3-5-7-12)24-18(26-19)27-23-11-13-14(20)8-9-15(16(13)21)29(30)31/h3-9,11H,10H2,1-2H3,(H2,22,24,25,26,27). The minimum atomic E-state index is -0.594. The molecule has 2 N–H and O–H groups in total. The zero-order valence-corrected chi connectivity index (χ0v) is 18.1. The second-order valence-electron chi connectivity index (χ2n) is 6.44. The maximum absolute atomic E-state index is 11.1. The average molecular weight is 461 g/mol. The second-order valence-corrected chi connectivity index (χ2v) is 7.22. The molecule has 0 fully saturated rings. The fourth-order valence-corrected chi connectivity index (χ4v) is 2.98. The fraction of sp³-hybridized carbons (Fsp3) is 0.158. The number of hydrazone groups is 1. The molecule has 1 heterocycles. The van der Waals surface area contributed by atoms with Crippen LogP contribution >= 0.6 is 23.2 Å². The Hall–Kier alpha value is -3.50. The SMILES string of the molecule is CN(C)c1nc(NCc2ccccc2)nc(NN=Cc2c(Cl)ccc([N+](=O)[O-])c2Cl)n1. The number of benzene rings is 2. The molecule has 0 saturated heterocycles. The first kappa shape index (κ1) is 22.2. The van der Waals surface area contributed by atoms with Gasteiger partial charge in [0, 0.05) is 32.3 Å². The molecule has 0 aliphatic heterocycles. The summed E-state index contributed by atoms with van der Waals surface area (Å²) in [5, 5.41) is 18.3. The van der Waals surface area contributed by atoms with Crippen LogP contribution < -0.4 is 15.6 Å². The lowest BCUT2D eigenvalue weighted by Crippen LogP contribution is -2.16. The highest BCUT2D eigenvalue weighted by atomic mass is 35.5. The largest absolute Gasteiger partial charge is 0.350 e. The molecule has 31 heavy (non-hydrogen) atoms. The molecular weight excluding hydrogens is 443 g/mol. The van der Waals surface area contributed by atoms with E-state index in [9.17, 15) is 10.1 Å². The normalized spacial score (nSPS) is 10.8. The van der Waals surface area contributed by atoms with Gasteiger partial charge in [0.1, 0.15) is 5.02 Å². The molecule has 3 aromatic rings. The molecule has 10 nitrogen and oxygen atoms in total. The van der Waals surface area contributed by atoms with Crippen LogP contribution in [-0.4, -0.2) is 40.2 Å². The first-order valence-corrected chi connectivity index (χ1v) is 9.73. The van der Waals surface area contributed by atoms with Gasteiger partial charge in [0.2, 0.25) is 17.8 Å². The van der Waals surface area contributed by atoms with E-state index in [0.717, 1.165) is 5.56 Å². The monoisotopic (exact) mass is 460 g/mol. The first-order valence-electron chi connectivity index (χ1n) is 8.98. The van der Waals surface area contributed by atoms with Crippen molar-refractivity contribution in [3.8, 4) is 0 Å². The van der Waals surface area contributed by atoms with Crippen LogP contribution in [0.1, 0.15) is 11.1 Å². The number of nitro benzene ring substituents is 1. The Labute approximate surface area is 188 Å². The van der Waals surface area contributed by atoms with Gasteiger partial charge in [-0.15, -0.1) is 0 Å². The number of halogens is 2. The van der Waals surface area contributed by atoms with E-state index in [1.807, 2.05) is 30.3 Å². The van der Waals surface area contributed by atoms with E-state index in [1.165, 1.54) is 18.3 Å². The van der Waals surface area contributed by atoms with Gasteiger partial charge in [0.05, 0.1) is 16.2 Å². The summed E-state index contributed by atoms with van der Waals surface area (Å²) in [7, 11) is 3.60. The van der Waals surface area contributed by atoms with Crippen LogP contribution in [0.5, 0.6) is 0 Å². The van der Waals surface area contributed by atoms with E-state index in [2.05, 4.69) is 30.8 Å². The molecule has 0 amide bonds. The van der Waals surface area contributed by atoms with Crippen LogP contribution in [0.2, 0.25) is 10.0 Å². The summed E-state index contributed by atoms with van der Waals surface area (Å²) < 4.78 is 0.